The minimum atomic E-state index is 0.833. The monoisotopic (exact) mass is 244 g/mol. The Balaban J connectivity index is 2.31. The van der Waals surface area contributed by atoms with Gasteiger partial charge in [0, 0.05) is 38.9 Å². The van der Waals surface area contributed by atoms with Crippen molar-refractivity contribution >= 4 is 5.69 Å². The Morgan fingerprint density at radius 3 is 2.44 bits per heavy atom. The summed E-state index contributed by atoms with van der Waals surface area (Å²) in [5, 5.41) is 3.15. The van der Waals surface area contributed by atoms with Gasteiger partial charge in [0.25, 0.3) is 0 Å². The average Bonchev–Trinajstić information content (AvgIpc) is 2.72. The van der Waals surface area contributed by atoms with Gasteiger partial charge in [-0.3, -0.25) is 0 Å². The van der Waals surface area contributed by atoms with Crippen molar-refractivity contribution in [3.63, 3.8) is 0 Å². The summed E-state index contributed by atoms with van der Waals surface area (Å²) in [6, 6.07) is 8.45. The number of benzene rings is 1. The number of hydrogen-bond acceptors (Lipinski definition) is 3. The van der Waals surface area contributed by atoms with Gasteiger partial charge in [0.05, 0.1) is 11.9 Å². The van der Waals surface area contributed by atoms with Crippen molar-refractivity contribution in [3.8, 4) is 11.4 Å². The highest BCUT2D eigenvalue weighted by molar-refractivity contribution is 5.61. The molecule has 0 amide bonds. The lowest BCUT2D eigenvalue weighted by Gasteiger charge is -2.12. The van der Waals surface area contributed by atoms with Crippen molar-refractivity contribution < 1.29 is 0 Å². The minimum Gasteiger partial charge on any atom is -0.378 e. The molecule has 4 nitrogen and oxygen atoms in total. The molecule has 0 aliphatic rings. The molecule has 0 saturated carbocycles. The quantitative estimate of drug-likeness (QED) is 0.891. The van der Waals surface area contributed by atoms with Gasteiger partial charge in [-0.2, -0.15) is 0 Å². The van der Waals surface area contributed by atoms with Gasteiger partial charge < -0.3 is 14.8 Å². The van der Waals surface area contributed by atoms with Gasteiger partial charge >= 0.3 is 0 Å². The molecule has 0 radical (unpaired) electrons. The van der Waals surface area contributed by atoms with E-state index >= 15 is 0 Å². The second-order valence-corrected chi connectivity index (χ2v) is 4.60. The van der Waals surface area contributed by atoms with Crippen molar-refractivity contribution in [3.05, 3.63) is 36.2 Å². The second-order valence-electron chi connectivity index (χ2n) is 4.60. The SMILES string of the molecule is CNCc1cnc(-c2ccc(N(C)C)cc2)n1C. The molecule has 1 N–H and O–H groups in total. The standard InChI is InChI=1S/C14H20N4/c1-15-9-13-10-16-14(18(13)4)11-5-7-12(8-6-11)17(2)3/h5-8,10,15H,9H2,1-4H3. The number of aromatic nitrogens is 2. The Bertz CT molecular complexity index is 511. The highest BCUT2D eigenvalue weighted by Crippen LogP contribution is 2.21. The Morgan fingerprint density at radius 2 is 1.89 bits per heavy atom. The third-order valence-corrected chi connectivity index (χ3v) is 3.08. The molecule has 18 heavy (non-hydrogen) atoms. The van der Waals surface area contributed by atoms with Crippen LogP contribution in [0.25, 0.3) is 11.4 Å². The first-order valence-corrected chi connectivity index (χ1v) is 6.06. The van der Waals surface area contributed by atoms with Crippen LogP contribution in [0.15, 0.2) is 30.5 Å². The summed E-state index contributed by atoms with van der Waals surface area (Å²) >= 11 is 0. The molecule has 1 aromatic carbocycles. The number of hydrogen-bond donors (Lipinski definition) is 1. The van der Waals surface area contributed by atoms with Crippen LogP contribution < -0.4 is 10.2 Å². The zero-order valence-electron chi connectivity index (χ0n) is 11.4. The maximum absolute atomic E-state index is 4.49. The summed E-state index contributed by atoms with van der Waals surface area (Å²) in [5.74, 6) is 1.01. The van der Waals surface area contributed by atoms with Crippen LogP contribution in [0.1, 0.15) is 5.69 Å². The van der Waals surface area contributed by atoms with E-state index in [2.05, 4.69) is 51.1 Å². The Labute approximate surface area is 108 Å². The molecular formula is C14H20N4. The lowest BCUT2D eigenvalue weighted by atomic mass is 10.2. The van der Waals surface area contributed by atoms with Crippen molar-refractivity contribution in [2.75, 3.05) is 26.0 Å². The lowest BCUT2D eigenvalue weighted by Crippen LogP contribution is -2.09. The summed E-state index contributed by atoms with van der Waals surface area (Å²) in [7, 11) is 8.08. The highest BCUT2D eigenvalue weighted by Gasteiger charge is 2.08. The van der Waals surface area contributed by atoms with E-state index in [1.54, 1.807) is 0 Å². The molecule has 0 saturated heterocycles. The van der Waals surface area contributed by atoms with Gasteiger partial charge in [-0.05, 0) is 31.3 Å². The van der Waals surface area contributed by atoms with Gasteiger partial charge in [0.2, 0.25) is 0 Å². The molecule has 0 bridgehead atoms. The van der Waals surface area contributed by atoms with Gasteiger partial charge in [-0.1, -0.05) is 0 Å². The van der Waals surface area contributed by atoms with E-state index in [9.17, 15) is 0 Å². The Kier molecular flexibility index (Phi) is 3.67. The number of nitrogens with one attached hydrogen (secondary N) is 1. The van der Waals surface area contributed by atoms with Crippen molar-refractivity contribution in [2.45, 2.75) is 6.54 Å². The molecule has 0 spiro atoms. The van der Waals surface area contributed by atoms with Crippen LogP contribution in [-0.2, 0) is 13.6 Å². The Morgan fingerprint density at radius 1 is 1.22 bits per heavy atom. The predicted molar refractivity (Wildman–Crippen MR) is 75.7 cm³/mol. The summed E-state index contributed by atoms with van der Waals surface area (Å²) in [6.07, 6.45) is 1.92. The third-order valence-electron chi connectivity index (χ3n) is 3.08. The smallest absolute Gasteiger partial charge is 0.139 e. The van der Waals surface area contributed by atoms with Crippen LogP contribution in [0.2, 0.25) is 0 Å². The van der Waals surface area contributed by atoms with Crippen LogP contribution in [0.5, 0.6) is 0 Å². The molecule has 1 heterocycles. The molecule has 0 atom stereocenters. The summed E-state index contributed by atoms with van der Waals surface area (Å²) < 4.78 is 2.13. The first-order valence-electron chi connectivity index (χ1n) is 6.06. The van der Waals surface area contributed by atoms with Crippen LogP contribution in [0.3, 0.4) is 0 Å². The van der Waals surface area contributed by atoms with Crippen molar-refractivity contribution in [1.29, 1.82) is 0 Å². The zero-order valence-corrected chi connectivity index (χ0v) is 11.4. The molecule has 0 aliphatic heterocycles. The van der Waals surface area contributed by atoms with E-state index in [0.29, 0.717) is 0 Å². The van der Waals surface area contributed by atoms with Crippen molar-refractivity contribution in [1.82, 2.24) is 14.9 Å². The summed E-state index contributed by atoms with van der Waals surface area (Å²) in [5.41, 5.74) is 3.53. The maximum Gasteiger partial charge on any atom is 0.139 e. The highest BCUT2D eigenvalue weighted by atomic mass is 15.1. The number of rotatable bonds is 4. The first-order chi connectivity index (χ1) is 8.63. The fourth-order valence-corrected chi connectivity index (χ4v) is 1.97. The summed E-state index contributed by atoms with van der Waals surface area (Å²) in [4.78, 5) is 6.58. The first kappa shape index (κ1) is 12.6. The van der Waals surface area contributed by atoms with E-state index in [1.165, 1.54) is 11.4 Å². The van der Waals surface area contributed by atoms with Gasteiger partial charge in [-0.15, -0.1) is 0 Å². The van der Waals surface area contributed by atoms with E-state index in [-0.39, 0.29) is 0 Å². The Hall–Kier alpha value is -1.81. The van der Waals surface area contributed by atoms with Crippen LogP contribution in [0.4, 0.5) is 5.69 Å². The predicted octanol–water partition coefficient (Wildman–Crippen LogP) is 1.87. The minimum absolute atomic E-state index is 0.833. The van der Waals surface area contributed by atoms with Gasteiger partial charge in [0.1, 0.15) is 5.82 Å². The van der Waals surface area contributed by atoms with E-state index < -0.39 is 0 Å². The molecule has 4 heteroatoms. The average molecular weight is 244 g/mol. The van der Waals surface area contributed by atoms with Crippen LogP contribution in [0, 0.1) is 0 Å². The molecule has 0 aliphatic carbocycles. The molecule has 96 valence electrons. The fourth-order valence-electron chi connectivity index (χ4n) is 1.97. The van der Waals surface area contributed by atoms with E-state index in [4.69, 9.17) is 0 Å². The molecule has 2 aromatic rings. The zero-order chi connectivity index (χ0) is 13.1. The molecular weight excluding hydrogens is 224 g/mol. The maximum atomic E-state index is 4.49. The van der Waals surface area contributed by atoms with E-state index in [1.807, 2.05) is 27.3 Å². The van der Waals surface area contributed by atoms with Crippen molar-refractivity contribution in [2.24, 2.45) is 7.05 Å². The van der Waals surface area contributed by atoms with Crippen LogP contribution >= 0.6 is 0 Å². The third kappa shape index (κ3) is 2.38. The molecule has 0 fully saturated rings. The number of nitrogens with zero attached hydrogens (tertiary/aromatic N) is 3. The van der Waals surface area contributed by atoms with Crippen LogP contribution in [-0.4, -0.2) is 30.7 Å². The van der Waals surface area contributed by atoms with E-state index in [0.717, 1.165) is 17.9 Å². The second kappa shape index (κ2) is 5.23. The fraction of sp³-hybridized carbons (Fsp3) is 0.357. The van der Waals surface area contributed by atoms with Gasteiger partial charge in [-0.25, -0.2) is 4.98 Å². The number of imidazole rings is 1. The number of anilines is 1. The summed E-state index contributed by atoms with van der Waals surface area (Å²) in [6.45, 7) is 0.833. The largest absolute Gasteiger partial charge is 0.378 e. The lowest BCUT2D eigenvalue weighted by molar-refractivity contribution is 0.737. The molecule has 0 unspecified atom stereocenters. The normalized spacial score (nSPS) is 10.7. The van der Waals surface area contributed by atoms with Gasteiger partial charge in [0.15, 0.2) is 0 Å². The molecule has 1 aromatic heterocycles. The topological polar surface area (TPSA) is 33.1 Å². The molecule has 2 rings (SSSR count).